The summed E-state index contributed by atoms with van der Waals surface area (Å²) in [5.41, 5.74) is -0.756. The molecule has 1 aromatic rings. The van der Waals surface area contributed by atoms with E-state index in [0.29, 0.717) is 18.6 Å². The third kappa shape index (κ3) is 3.73. The lowest BCUT2D eigenvalue weighted by molar-refractivity contribution is -0.143. The molecule has 0 aliphatic heterocycles. The summed E-state index contributed by atoms with van der Waals surface area (Å²) in [6.45, 7) is 0.0158. The van der Waals surface area contributed by atoms with Gasteiger partial charge in [0.2, 0.25) is 0 Å². The summed E-state index contributed by atoms with van der Waals surface area (Å²) in [6.07, 6.45) is 1.23. The minimum Gasteiger partial charge on any atom is -0.483 e. The first kappa shape index (κ1) is 15.3. The molecule has 0 bridgehead atoms. The van der Waals surface area contributed by atoms with Crippen LogP contribution in [0.1, 0.15) is 12.8 Å². The zero-order chi connectivity index (χ0) is 14.8. The highest BCUT2D eigenvalue weighted by molar-refractivity contribution is 9.11. The number of carbonyl (C=O) groups excluding carboxylic acids is 1. The van der Waals surface area contributed by atoms with Gasteiger partial charge in [-0.1, -0.05) is 15.9 Å². The van der Waals surface area contributed by atoms with Gasteiger partial charge < -0.3 is 15.2 Å². The number of aliphatic carboxylic acids is 1. The first-order valence-corrected chi connectivity index (χ1v) is 7.59. The minimum absolute atomic E-state index is 0.143. The topological polar surface area (TPSA) is 75.6 Å². The van der Waals surface area contributed by atoms with Crippen molar-refractivity contribution in [1.29, 1.82) is 0 Å². The molecule has 1 fully saturated rings. The first-order valence-electron chi connectivity index (χ1n) is 6.01. The van der Waals surface area contributed by atoms with Gasteiger partial charge in [0.15, 0.2) is 6.61 Å². The van der Waals surface area contributed by atoms with Crippen LogP contribution in [0.4, 0.5) is 0 Å². The molecule has 2 rings (SSSR count). The van der Waals surface area contributed by atoms with E-state index in [0.717, 1.165) is 8.95 Å². The second-order valence-corrected chi connectivity index (χ2v) is 6.50. The number of ether oxygens (including phenoxy) is 1. The molecule has 0 saturated heterocycles. The Hall–Kier alpha value is -1.08. The molecule has 1 aliphatic carbocycles. The van der Waals surface area contributed by atoms with Crippen LogP contribution in [0.3, 0.4) is 0 Å². The summed E-state index contributed by atoms with van der Waals surface area (Å²) in [6, 6.07) is 5.36. The van der Waals surface area contributed by atoms with Crippen LogP contribution in [0.15, 0.2) is 27.1 Å². The van der Waals surface area contributed by atoms with Crippen LogP contribution in [0.2, 0.25) is 0 Å². The molecular formula is C13H13Br2NO4. The molecule has 0 aromatic heterocycles. The SMILES string of the molecule is O=C(COc1ccc(Br)cc1Br)NCC1(C(=O)O)CC1. The van der Waals surface area contributed by atoms with Crippen LogP contribution in [-0.2, 0) is 9.59 Å². The molecule has 5 nitrogen and oxygen atoms in total. The van der Waals surface area contributed by atoms with Gasteiger partial charge in [-0.05, 0) is 47.0 Å². The maximum Gasteiger partial charge on any atom is 0.311 e. The molecular weight excluding hydrogens is 394 g/mol. The van der Waals surface area contributed by atoms with Crippen LogP contribution >= 0.6 is 31.9 Å². The molecule has 0 radical (unpaired) electrons. The van der Waals surface area contributed by atoms with Gasteiger partial charge in [-0.25, -0.2) is 0 Å². The monoisotopic (exact) mass is 405 g/mol. The summed E-state index contributed by atoms with van der Waals surface area (Å²) >= 11 is 6.66. The van der Waals surface area contributed by atoms with Crippen LogP contribution in [-0.4, -0.2) is 30.1 Å². The smallest absolute Gasteiger partial charge is 0.311 e. The Kier molecular flexibility index (Phi) is 4.70. The number of hydrogen-bond acceptors (Lipinski definition) is 3. The number of carboxylic acid groups (broad SMARTS) is 1. The number of benzene rings is 1. The number of nitrogens with one attached hydrogen (secondary N) is 1. The van der Waals surface area contributed by atoms with Crippen molar-refractivity contribution in [3.8, 4) is 5.75 Å². The van der Waals surface area contributed by atoms with Crippen molar-refractivity contribution in [1.82, 2.24) is 5.32 Å². The normalized spacial score (nSPS) is 15.5. The third-order valence-electron chi connectivity index (χ3n) is 3.18. The molecule has 2 N–H and O–H groups in total. The summed E-state index contributed by atoms with van der Waals surface area (Å²) in [5, 5.41) is 11.6. The van der Waals surface area contributed by atoms with Crippen molar-refractivity contribution in [2.24, 2.45) is 5.41 Å². The predicted molar refractivity (Wildman–Crippen MR) is 79.6 cm³/mol. The van der Waals surface area contributed by atoms with Gasteiger partial charge in [-0.15, -0.1) is 0 Å². The highest BCUT2D eigenvalue weighted by Crippen LogP contribution is 2.45. The number of carboxylic acids is 1. The van der Waals surface area contributed by atoms with E-state index in [1.807, 2.05) is 12.1 Å². The van der Waals surface area contributed by atoms with Crippen LogP contribution < -0.4 is 10.1 Å². The second-order valence-electron chi connectivity index (χ2n) is 4.73. The standard InChI is InChI=1S/C13H13Br2NO4/c14-8-1-2-10(9(15)5-8)20-6-11(17)16-7-13(3-4-13)12(18)19/h1-2,5H,3-4,6-7H2,(H,16,17)(H,18,19). The van der Waals surface area contributed by atoms with Crippen molar-refractivity contribution in [3.63, 3.8) is 0 Å². The summed E-state index contributed by atoms with van der Waals surface area (Å²) in [7, 11) is 0. The van der Waals surface area contributed by atoms with E-state index in [9.17, 15) is 9.59 Å². The molecule has 0 atom stereocenters. The first-order chi connectivity index (χ1) is 9.43. The Balaban J connectivity index is 1.79. The van der Waals surface area contributed by atoms with Gasteiger partial charge in [0.05, 0.1) is 9.89 Å². The average molecular weight is 407 g/mol. The number of amides is 1. The predicted octanol–water partition coefficient (Wildman–Crippen LogP) is 2.57. The van der Waals surface area contributed by atoms with E-state index in [-0.39, 0.29) is 19.1 Å². The molecule has 1 saturated carbocycles. The molecule has 0 heterocycles. The van der Waals surface area contributed by atoms with Crippen molar-refractivity contribution in [2.45, 2.75) is 12.8 Å². The maximum atomic E-state index is 11.6. The quantitative estimate of drug-likeness (QED) is 0.761. The fourth-order valence-corrected chi connectivity index (χ4v) is 2.83. The van der Waals surface area contributed by atoms with Crippen LogP contribution in [0.5, 0.6) is 5.75 Å². The number of carbonyl (C=O) groups is 2. The molecule has 20 heavy (non-hydrogen) atoms. The molecule has 1 amide bonds. The molecule has 108 valence electrons. The van der Waals surface area contributed by atoms with Crippen molar-refractivity contribution < 1.29 is 19.4 Å². The Morgan fingerprint density at radius 3 is 2.60 bits per heavy atom. The van der Waals surface area contributed by atoms with Crippen molar-refractivity contribution in [3.05, 3.63) is 27.1 Å². The zero-order valence-corrected chi connectivity index (χ0v) is 13.7. The second kappa shape index (κ2) is 6.13. The Morgan fingerprint density at radius 1 is 1.35 bits per heavy atom. The Labute approximate surface area is 132 Å². The highest BCUT2D eigenvalue weighted by Gasteiger charge is 2.50. The zero-order valence-electron chi connectivity index (χ0n) is 10.5. The third-order valence-corrected chi connectivity index (χ3v) is 4.30. The lowest BCUT2D eigenvalue weighted by Crippen LogP contribution is -2.36. The Bertz CT molecular complexity index is 543. The van der Waals surface area contributed by atoms with Gasteiger partial charge in [0, 0.05) is 11.0 Å². The lowest BCUT2D eigenvalue weighted by atomic mass is 10.1. The fraction of sp³-hybridized carbons (Fsp3) is 0.385. The van der Waals surface area contributed by atoms with E-state index in [2.05, 4.69) is 37.2 Å². The molecule has 1 aromatic carbocycles. The minimum atomic E-state index is -0.852. The molecule has 0 spiro atoms. The summed E-state index contributed by atoms with van der Waals surface area (Å²) in [5.74, 6) is -0.621. The lowest BCUT2D eigenvalue weighted by Gasteiger charge is -2.12. The van der Waals surface area contributed by atoms with Gasteiger partial charge in [-0.2, -0.15) is 0 Å². The average Bonchev–Trinajstić information content (AvgIpc) is 3.16. The fourth-order valence-electron chi connectivity index (χ4n) is 1.67. The molecule has 1 aliphatic rings. The number of hydrogen-bond donors (Lipinski definition) is 2. The molecule has 7 heteroatoms. The van der Waals surface area contributed by atoms with E-state index >= 15 is 0 Å². The van der Waals surface area contributed by atoms with Crippen LogP contribution in [0.25, 0.3) is 0 Å². The van der Waals surface area contributed by atoms with Crippen molar-refractivity contribution >= 4 is 43.7 Å². The highest BCUT2D eigenvalue weighted by atomic mass is 79.9. The molecule has 0 unspecified atom stereocenters. The van der Waals surface area contributed by atoms with Gasteiger partial charge in [0.25, 0.3) is 5.91 Å². The van der Waals surface area contributed by atoms with Crippen LogP contribution in [0, 0.1) is 5.41 Å². The maximum absolute atomic E-state index is 11.6. The number of rotatable bonds is 6. The Morgan fingerprint density at radius 2 is 2.05 bits per heavy atom. The van der Waals surface area contributed by atoms with Gasteiger partial charge in [-0.3, -0.25) is 9.59 Å². The van der Waals surface area contributed by atoms with E-state index in [1.165, 1.54) is 0 Å². The van der Waals surface area contributed by atoms with E-state index in [1.54, 1.807) is 6.07 Å². The van der Waals surface area contributed by atoms with Crippen molar-refractivity contribution in [2.75, 3.05) is 13.2 Å². The van der Waals surface area contributed by atoms with Gasteiger partial charge in [0.1, 0.15) is 5.75 Å². The van der Waals surface area contributed by atoms with E-state index < -0.39 is 11.4 Å². The largest absolute Gasteiger partial charge is 0.483 e. The van der Waals surface area contributed by atoms with E-state index in [4.69, 9.17) is 9.84 Å². The number of halogens is 2. The summed E-state index contributed by atoms with van der Waals surface area (Å²) in [4.78, 5) is 22.6. The van der Waals surface area contributed by atoms with Gasteiger partial charge >= 0.3 is 5.97 Å². The summed E-state index contributed by atoms with van der Waals surface area (Å²) < 4.78 is 7.01.